The van der Waals surface area contributed by atoms with Crippen LogP contribution >= 0.6 is 23.2 Å². The van der Waals surface area contributed by atoms with E-state index in [-0.39, 0.29) is 18.2 Å². The van der Waals surface area contributed by atoms with Gasteiger partial charge in [-0.15, -0.1) is 0 Å². The first kappa shape index (κ1) is 14.2. The maximum absolute atomic E-state index is 12.1. The van der Waals surface area contributed by atoms with E-state index in [1.807, 2.05) is 6.92 Å². The molecular formula is C13H14Cl2N2O2. The molecule has 0 spiro atoms. The fraction of sp³-hybridized carbons (Fsp3) is 0.385. The summed E-state index contributed by atoms with van der Waals surface area (Å²) in [5, 5.41) is 3.76. The molecule has 4 nitrogen and oxygen atoms in total. The van der Waals surface area contributed by atoms with E-state index in [1.165, 1.54) is 4.90 Å². The van der Waals surface area contributed by atoms with Crippen molar-refractivity contribution in [3.63, 3.8) is 0 Å². The summed E-state index contributed by atoms with van der Waals surface area (Å²) in [5.41, 5.74) is 0.568. The molecule has 2 rings (SSSR count). The Hall–Kier alpha value is -1.26. The van der Waals surface area contributed by atoms with Crippen LogP contribution in [0.3, 0.4) is 0 Å². The van der Waals surface area contributed by atoms with Crippen molar-refractivity contribution in [2.75, 3.05) is 11.9 Å². The van der Waals surface area contributed by atoms with Crippen molar-refractivity contribution < 1.29 is 9.59 Å². The van der Waals surface area contributed by atoms with Gasteiger partial charge in [0.2, 0.25) is 5.91 Å². The summed E-state index contributed by atoms with van der Waals surface area (Å²) in [6.45, 7) is 2.38. The number of carbonyl (C=O) groups is 2. The molecule has 0 aliphatic carbocycles. The van der Waals surface area contributed by atoms with Gasteiger partial charge in [-0.2, -0.15) is 0 Å². The van der Waals surface area contributed by atoms with Crippen molar-refractivity contribution in [3.8, 4) is 0 Å². The highest BCUT2D eigenvalue weighted by Gasteiger charge is 2.38. The first-order valence-corrected chi connectivity index (χ1v) is 6.85. The van der Waals surface area contributed by atoms with Crippen LogP contribution in [0.4, 0.5) is 5.69 Å². The Morgan fingerprint density at radius 3 is 2.79 bits per heavy atom. The molecule has 102 valence electrons. The molecule has 2 amide bonds. The number of hydrogen-bond acceptors (Lipinski definition) is 3. The summed E-state index contributed by atoms with van der Waals surface area (Å²) in [5.74, 6) is -0.356. The van der Waals surface area contributed by atoms with Crippen molar-refractivity contribution >= 4 is 40.7 Å². The molecule has 1 aromatic carbocycles. The summed E-state index contributed by atoms with van der Waals surface area (Å²) < 4.78 is 0. The molecule has 1 unspecified atom stereocenters. The van der Waals surface area contributed by atoms with E-state index < -0.39 is 6.04 Å². The van der Waals surface area contributed by atoms with E-state index in [0.717, 1.165) is 6.42 Å². The second-order valence-corrected chi connectivity index (χ2v) is 5.17. The summed E-state index contributed by atoms with van der Waals surface area (Å²) >= 11 is 12.0. The molecule has 19 heavy (non-hydrogen) atoms. The van der Waals surface area contributed by atoms with Crippen LogP contribution in [-0.2, 0) is 9.59 Å². The molecule has 0 saturated carbocycles. The molecule has 1 aromatic rings. The summed E-state index contributed by atoms with van der Waals surface area (Å²) in [7, 11) is 0. The van der Waals surface area contributed by atoms with Gasteiger partial charge in [0.1, 0.15) is 6.04 Å². The zero-order valence-electron chi connectivity index (χ0n) is 10.5. The molecule has 0 radical (unpaired) electrons. The van der Waals surface area contributed by atoms with Crippen molar-refractivity contribution in [3.05, 3.63) is 28.2 Å². The lowest BCUT2D eigenvalue weighted by Gasteiger charge is -2.16. The third-order valence-corrected chi connectivity index (χ3v) is 3.79. The number of likely N-dealkylation sites (tertiary alicyclic amines) is 1. The number of rotatable bonds is 4. The first-order chi connectivity index (χ1) is 9.04. The summed E-state index contributed by atoms with van der Waals surface area (Å²) in [6, 6.07) is 4.57. The molecule has 1 aliphatic rings. The lowest BCUT2D eigenvalue weighted by Crippen LogP contribution is -2.35. The van der Waals surface area contributed by atoms with E-state index in [9.17, 15) is 9.59 Å². The highest BCUT2D eigenvalue weighted by molar-refractivity contribution is 6.43. The van der Waals surface area contributed by atoms with Crippen LogP contribution in [0.15, 0.2) is 18.2 Å². The van der Waals surface area contributed by atoms with E-state index >= 15 is 0 Å². The van der Waals surface area contributed by atoms with Crippen LogP contribution in [0.1, 0.15) is 19.8 Å². The van der Waals surface area contributed by atoms with Gasteiger partial charge >= 0.3 is 0 Å². The minimum absolute atomic E-state index is 0.150. The number of hydrogen-bond donors (Lipinski definition) is 1. The fourth-order valence-corrected chi connectivity index (χ4v) is 2.41. The van der Waals surface area contributed by atoms with Gasteiger partial charge in [-0.1, -0.05) is 36.2 Å². The molecule has 1 fully saturated rings. The quantitative estimate of drug-likeness (QED) is 0.870. The topological polar surface area (TPSA) is 49.4 Å². The molecule has 1 aliphatic heterocycles. The Balaban J connectivity index is 2.14. The molecule has 1 N–H and O–H groups in total. The van der Waals surface area contributed by atoms with Crippen LogP contribution in [0.25, 0.3) is 0 Å². The Labute approximate surface area is 121 Å². The van der Waals surface area contributed by atoms with Crippen molar-refractivity contribution in [2.24, 2.45) is 0 Å². The minimum Gasteiger partial charge on any atom is -0.372 e. The molecule has 1 heterocycles. The predicted octanol–water partition coefficient (Wildman–Crippen LogP) is 2.94. The smallest absolute Gasteiger partial charge is 0.252 e. The average molecular weight is 301 g/mol. The molecule has 1 atom stereocenters. The maximum atomic E-state index is 12.1. The van der Waals surface area contributed by atoms with E-state index in [4.69, 9.17) is 23.2 Å². The number of nitrogens with one attached hydrogen (secondary N) is 1. The number of amides is 2. The second-order valence-electron chi connectivity index (χ2n) is 4.39. The number of nitrogens with zero attached hydrogens (tertiary/aromatic N) is 1. The molecule has 0 aromatic heterocycles. The number of imide groups is 1. The highest BCUT2D eigenvalue weighted by atomic mass is 35.5. The predicted molar refractivity (Wildman–Crippen MR) is 75.5 cm³/mol. The van der Waals surface area contributed by atoms with E-state index in [1.54, 1.807) is 18.2 Å². The molecular weight excluding hydrogens is 287 g/mol. The van der Waals surface area contributed by atoms with Crippen molar-refractivity contribution in [2.45, 2.75) is 25.8 Å². The Bertz CT molecular complexity index is 519. The minimum atomic E-state index is -0.560. The molecule has 6 heteroatoms. The number of halogens is 2. The van der Waals surface area contributed by atoms with Gasteiger partial charge < -0.3 is 5.32 Å². The van der Waals surface area contributed by atoms with Gasteiger partial charge in [-0.05, 0) is 18.6 Å². The van der Waals surface area contributed by atoms with Crippen molar-refractivity contribution in [1.29, 1.82) is 0 Å². The zero-order valence-corrected chi connectivity index (χ0v) is 12.0. The van der Waals surface area contributed by atoms with E-state index in [0.29, 0.717) is 22.3 Å². The first-order valence-electron chi connectivity index (χ1n) is 6.09. The van der Waals surface area contributed by atoms with Gasteiger partial charge in [0.15, 0.2) is 0 Å². The SMILES string of the molecule is CCCN1C(=O)CC(Nc2cccc(Cl)c2Cl)C1=O. The Kier molecular flexibility index (Phi) is 4.32. The van der Waals surface area contributed by atoms with Gasteiger partial charge in [0.25, 0.3) is 5.91 Å². The highest BCUT2D eigenvalue weighted by Crippen LogP contribution is 2.31. The monoisotopic (exact) mass is 300 g/mol. The molecule has 1 saturated heterocycles. The zero-order chi connectivity index (χ0) is 14.0. The lowest BCUT2D eigenvalue weighted by molar-refractivity contribution is -0.138. The summed E-state index contributed by atoms with van der Waals surface area (Å²) in [6.07, 6.45) is 0.907. The van der Waals surface area contributed by atoms with Gasteiger partial charge in [-0.25, -0.2) is 0 Å². The van der Waals surface area contributed by atoms with Gasteiger partial charge in [0.05, 0.1) is 22.2 Å². The Morgan fingerprint density at radius 1 is 1.37 bits per heavy atom. The number of carbonyl (C=O) groups excluding carboxylic acids is 2. The third-order valence-electron chi connectivity index (χ3n) is 2.97. The largest absolute Gasteiger partial charge is 0.372 e. The lowest BCUT2D eigenvalue weighted by atomic mass is 10.2. The van der Waals surface area contributed by atoms with Crippen LogP contribution in [0.2, 0.25) is 10.0 Å². The van der Waals surface area contributed by atoms with Crippen LogP contribution in [0.5, 0.6) is 0 Å². The third kappa shape index (κ3) is 2.85. The average Bonchev–Trinajstić information content (AvgIpc) is 2.63. The van der Waals surface area contributed by atoms with Crippen LogP contribution in [-0.4, -0.2) is 29.3 Å². The van der Waals surface area contributed by atoms with Crippen molar-refractivity contribution in [1.82, 2.24) is 4.90 Å². The second kappa shape index (κ2) is 5.80. The number of benzene rings is 1. The normalized spacial score (nSPS) is 19.1. The van der Waals surface area contributed by atoms with Gasteiger partial charge in [0, 0.05) is 6.54 Å². The van der Waals surface area contributed by atoms with Crippen LogP contribution < -0.4 is 5.32 Å². The number of anilines is 1. The standard InChI is InChI=1S/C13H14Cl2N2O2/c1-2-6-17-11(18)7-10(13(17)19)16-9-5-3-4-8(14)12(9)15/h3-5,10,16H,2,6-7H2,1H3. The maximum Gasteiger partial charge on any atom is 0.252 e. The fourth-order valence-electron chi connectivity index (χ4n) is 2.06. The van der Waals surface area contributed by atoms with Crippen LogP contribution in [0, 0.1) is 0 Å². The molecule has 0 bridgehead atoms. The van der Waals surface area contributed by atoms with Gasteiger partial charge in [-0.3, -0.25) is 14.5 Å². The van der Waals surface area contributed by atoms with E-state index in [2.05, 4.69) is 5.32 Å². The Morgan fingerprint density at radius 2 is 2.11 bits per heavy atom. The summed E-state index contributed by atoms with van der Waals surface area (Å²) in [4.78, 5) is 25.1.